The smallest absolute Gasteiger partial charge is 0.306 e. The summed E-state index contributed by atoms with van der Waals surface area (Å²) < 4.78 is 4.99. The van der Waals surface area contributed by atoms with Gasteiger partial charge in [-0.1, -0.05) is 11.6 Å². The van der Waals surface area contributed by atoms with Crippen LogP contribution in [0.25, 0.3) is 0 Å². The lowest BCUT2D eigenvalue weighted by Crippen LogP contribution is -2.28. The number of carbonyl (C=O) groups excluding carboxylic acids is 2. The number of rotatable bonds is 5. The molecule has 1 aromatic carbocycles. The van der Waals surface area contributed by atoms with Crippen LogP contribution in [0.4, 0.5) is 0 Å². The van der Waals surface area contributed by atoms with E-state index in [0.29, 0.717) is 24.5 Å². The molecular weight excluding hydrogens is 308 g/mol. The van der Waals surface area contributed by atoms with Gasteiger partial charge in [-0.05, 0) is 49.9 Å². The maximum absolute atomic E-state index is 12.1. The van der Waals surface area contributed by atoms with E-state index in [-0.39, 0.29) is 22.9 Å². The Hall–Kier alpha value is -1.00. The average molecular weight is 327 g/mol. The van der Waals surface area contributed by atoms with Crippen molar-refractivity contribution in [1.29, 1.82) is 0 Å². The SMILES string of the molecule is CCOC(=O)CC1CCC(=O)C(Sc2ccc(Cl)cc2)C1. The second-order valence-corrected chi connectivity index (χ2v) is 6.89. The highest BCUT2D eigenvalue weighted by Gasteiger charge is 2.30. The third-order valence-corrected chi connectivity index (χ3v) is 5.09. The number of hydrogen-bond donors (Lipinski definition) is 0. The molecule has 0 heterocycles. The molecule has 0 saturated heterocycles. The molecule has 2 unspecified atom stereocenters. The minimum absolute atomic E-state index is 0.0700. The summed E-state index contributed by atoms with van der Waals surface area (Å²) in [6.45, 7) is 2.22. The molecule has 0 spiro atoms. The van der Waals surface area contributed by atoms with Gasteiger partial charge in [0.1, 0.15) is 5.78 Å². The first-order chi connectivity index (χ1) is 10.1. The molecule has 5 heteroatoms. The van der Waals surface area contributed by atoms with Gasteiger partial charge in [0, 0.05) is 22.8 Å². The molecule has 0 aromatic heterocycles. The molecule has 1 aliphatic carbocycles. The molecule has 114 valence electrons. The van der Waals surface area contributed by atoms with Gasteiger partial charge in [0.25, 0.3) is 0 Å². The number of Topliss-reactive ketones (excluding diaryl/α,β-unsaturated/α-hetero) is 1. The predicted molar refractivity (Wildman–Crippen MR) is 84.7 cm³/mol. The van der Waals surface area contributed by atoms with E-state index in [1.165, 1.54) is 0 Å². The van der Waals surface area contributed by atoms with Gasteiger partial charge in [-0.2, -0.15) is 0 Å². The molecule has 2 rings (SSSR count). The standard InChI is InChI=1S/C16H19ClO3S/c1-2-20-16(19)10-11-3-8-14(18)15(9-11)21-13-6-4-12(17)5-7-13/h4-7,11,15H,2-3,8-10H2,1H3. The van der Waals surface area contributed by atoms with Crippen LogP contribution in [0.1, 0.15) is 32.6 Å². The summed E-state index contributed by atoms with van der Waals surface area (Å²) in [5.41, 5.74) is 0. The van der Waals surface area contributed by atoms with Crippen LogP contribution in [0.2, 0.25) is 5.02 Å². The second kappa shape index (κ2) is 7.85. The van der Waals surface area contributed by atoms with Crippen LogP contribution in [-0.4, -0.2) is 23.6 Å². The lowest BCUT2D eigenvalue weighted by Gasteiger charge is -2.27. The fourth-order valence-corrected chi connectivity index (χ4v) is 3.86. The van der Waals surface area contributed by atoms with Crippen molar-refractivity contribution in [1.82, 2.24) is 0 Å². The van der Waals surface area contributed by atoms with Crippen molar-refractivity contribution < 1.29 is 14.3 Å². The minimum atomic E-state index is -0.160. The highest BCUT2D eigenvalue weighted by atomic mass is 35.5. The van der Waals surface area contributed by atoms with Crippen LogP contribution >= 0.6 is 23.4 Å². The molecule has 0 aliphatic heterocycles. The molecule has 21 heavy (non-hydrogen) atoms. The summed E-state index contributed by atoms with van der Waals surface area (Å²) in [5.74, 6) is 0.355. The van der Waals surface area contributed by atoms with E-state index < -0.39 is 0 Å². The summed E-state index contributed by atoms with van der Waals surface area (Å²) in [7, 11) is 0. The Labute approximate surface area is 134 Å². The Kier molecular flexibility index (Phi) is 6.12. The molecule has 3 nitrogen and oxygen atoms in total. The summed E-state index contributed by atoms with van der Waals surface area (Å²) in [6.07, 6.45) is 2.49. The quantitative estimate of drug-likeness (QED) is 0.763. The molecule has 1 fully saturated rings. The largest absolute Gasteiger partial charge is 0.466 e. The highest BCUT2D eigenvalue weighted by molar-refractivity contribution is 8.00. The number of thioether (sulfide) groups is 1. The lowest BCUT2D eigenvalue weighted by molar-refractivity contribution is -0.144. The van der Waals surface area contributed by atoms with Gasteiger partial charge in [-0.15, -0.1) is 11.8 Å². The van der Waals surface area contributed by atoms with Gasteiger partial charge in [0.15, 0.2) is 0 Å². The summed E-state index contributed by atoms with van der Waals surface area (Å²) in [5, 5.41) is 0.619. The number of benzene rings is 1. The lowest BCUT2D eigenvalue weighted by atomic mass is 9.86. The first-order valence-electron chi connectivity index (χ1n) is 7.19. The Morgan fingerprint density at radius 1 is 1.38 bits per heavy atom. The number of hydrogen-bond acceptors (Lipinski definition) is 4. The third kappa shape index (κ3) is 5.04. The summed E-state index contributed by atoms with van der Waals surface area (Å²) in [4.78, 5) is 24.7. The molecule has 0 N–H and O–H groups in total. The third-order valence-electron chi connectivity index (χ3n) is 3.56. The molecule has 1 saturated carbocycles. The van der Waals surface area contributed by atoms with Crippen LogP contribution in [-0.2, 0) is 14.3 Å². The van der Waals surface area contributed by atoms with Crippen molar-refractivity contribution >= 4 is 35.1 Å². The highest BCUT2D eigenvalue weighted by Crippen LogP contribution is 2.36. The van der Waals surface area contributed by atoms with Crippen LogP contribution in [0.5, 0.6) is 0 Å². The van der Waals surface area contributed by atoms with Crippen molar-refractivity contribution in [2.24, 2.45) is 5.92 Å². The normalized spacial score (nSPS) is 22.1. The minimum Gasteiger partial charge on any atom is -0.466 e. The zero-order chi connectivity index (χ0) is 15.2. The molecule has 0 amide bonds. The topological polar surface area (TPSA) is 43.4 Å². The van der Waals surface area contributed by atoms with E-state index in [1.807, 2.05) is 31.2 Å². The van der Waals surface area contributed by atoms with Gasteiger partial charge < -0.3 is 4.74 Å². The summed E-state index contributed by atoms with van der Waals surface area (Å²) >= 11 is 7.43. The van der Waals surface area contributed by atoms with Gasteiger partial charge in [-0.25, -0.2) is 0 Å². The van der Waals surface area contributed by atoms with E-state index in [2.05, 4.69) is 0 Å². The first kappa shape index (κ1) is 16.4. The van der Waals surface area contributed by atoms with E-state index in [0.717, 1.165) is 17.7 Å². The Bertz CT molecular complexity index is 501. The second-order valence-electron chi connectivity index (χ2n) is 5.18. The van der Waals surface area contributed by atoms with Crippen molar-refractivity contribution in [2.75, 3.05) is 6.61 Å². The van der Waals surface area contributed by atoms with E-state index in [1.54, 1.807) is 11.8 Å². The van der Waals surface area contributed by atoms with E-state index in [4.69, 9.17) is 16.3 Å². The van der Waals surface area contributed by atoms with Crippen LogP contribution in [0, 0.1) is 5.92 Å². The number of ketones is 1. The van der Waals surface area contributed by atoms with Crippen molar-refractivity contribution in [3.63, 3.8) is 0 Å². The zero-order valence-electron chi connectivity index (χ0n) is 12.0. The van der Waals surface area contributed by atoms with Crippen LogP contribution in [0.15, 0.2) is 29.2 Å². The van der Waals surface area contributed by atoms with Gasteiger partial charge in [0.05, 0.1) is 11.9 Å². The molecular formula is C16H19ClO3S. The number of halogens is 1. The van der Waals surface area contributed by atoms with Crippen molar-refractivity contribution in [3.8, 4) is 0 Å². The van der Waals surface area contributed by atoms with Gasteiger partial charge >= 0.3 is 5.97 Å². The van der Waals surface area contributed by atoms with Crippen molar-refractivity contribution in [3.05, 3.63) is 29.3 Å². The molecule has 1 aromatic rings. The van der Waals surface area contributed by atoms with Crippen LogP contribution in [0.3, 0.4) is 0 Å². The summed E-state index contributed by atoms with van der Waals surface area (Å²) in [6, 6.07) is 7.51. The molecule has 0 radical (unpaired) electrons. The fourth-order valence-electron chi connectivity index (χ4n) is 2.49. The van der Waals surface area contributed by atoms with Gasteiger partial charge in [-0.3, -0.25) is 9.59 Å². The average Bonchev–Trinajstić information content (AvgIpc) is 2.45. The Balaban J connectivity index is 1.93. The maximum atomic E-state index is 12.1. The molecule has 2 atom stereocenters. The Morgan fingerprint density at radius 2 is 2.10 bits per heavy atom. The van der Waals surface area contributed by atoms with E-state index in [9.17, 15) is 9.59 Å². The maximum Gasteiger partial charge on any atom is 0.306 e. The molecule has 0 bridgehead atoms. The van der Waals surface area contributed by atoms with E-state index >= 15 is 0 Å². The fraction of sp³-hybridized carbons (Fsp3) is 0.500. The van der Waals surface area contributed by atoms with Crippen molar-refractivity contribution in [2.45, 2.75) is 42.8 Å². The predicted octanol–water partition coefficient (Wildman–Crippen LogP) is 4.12. The monoisotopic (exact) mass is 326 g/mol. The first-order valence-corrected chi connectivity index (χ1v) is 8.44. The number of esters is 1. The van der Waals surface area contributed by atoms with Crippen LogP contribution < -0.4 is 0 Å². The van der Waals surface area contributed by atoms with Gasteiger partial charge in [0.2, 0.25) is 0 Å². The number of carbonyl (C=O) groups is 2. The zero-order valence-corrected chi connectivity index (χ0v) is 13.6. The molecule has 1 aliphatic rings. The Morgan fingerprint density at radius 3 is 2.76 bits per heavy atom. The number of ether oxygens (including phenoxy) is 1.